The molecule has 1 saturated carbocycles. The van der Waals surface area contributed by atoms with Crippen molar-refractivity contribution in [1.29, 1.82) is 0 Å². The molecule has 1 aliphatic heterocycles. The summed E-state index contributed by atoms with van der Waals surface area (Å²) in [6, 6.07) is 1.11. The van der Waals surface area contributed by atoms with Gasteiger partial charge in [0.25, 0.3) is 0 Å². The number of hydrogen-bond acceptors (Lipinski definition) is 2. The van der Waals surface area contributed by atoms with Gasteiger partial charge in [0.1, 0.15) is 5.82 Å². The molecule has 2 aliphatic rings. The molecule has 1 aromatic rings. The van der Waals surface area contributed by atoms with Crippen molar-refractivity contribution in [2.75, 3.05) is 11.4 Å². The molecule has 0 aromatic carbocycles. The normalized spacial score (nSPS) is 19.5. The minimum absolute atomic E-state index is 0.0274. The van der Waals surface area contributed by atoms with Crippen LogP contribution in [0.15, 0.2) is 12.3 Å². The third-order valence-corrected chi connectivity index (χ3v) is 4.36. The summed E-state index contributed by atoms with van der Waals surface area (Å²) in [5, 5.41) is 0. The minimum atomic E-state index is -4.39. The van der Waals surface area contributed by atoms with Crippen LogP contribution in [0.2, 0.25) is 0 Å². The first kappa shape index (κ1) is 14.4. The highest BCUT2D eigenvalue weighted by Crippen LogP contribution is 2.39. The molecule has 21 heavy (non-hydrogen) atoms. The third kappa shape index (κ3) is 2.89. The number of fused-ring (bicyclic) bond motifs is 1. The van der Waals surface area contributed by atoms with Gasteiger partial charge in [-0.1, -0.05) is 6.92 Å². The Labute approximate surface area is 121 Å². The van der Waals surface area contributed by atoms with E-state index in [-0.39, 0.29) is 5.91 Å². The first-order valence-corrected chi connectivity index (χ1v) is 7.22. The maximum absolute atomic E-state index is 12.7. The van der Waals surface area contributed by atoms with Crippen LogP contribution in [0.25, 0.3) is 0 Å². The molecule has 0 saturated heterocycles. The third-order valence-electron chi connectivity index (χ3n) is 4.36. The van der Waals surface area contributed by atoms with Crippen LogP contribution in [-0.4, -0.2) is 17.4 Å². The van der Waals surface area contributed by atoms with Crippen LogP contribution in [0.5, 0.6) is 0 Å². The smallest absolute Gasteiger partial charge is 0.296 e. The van der Waals surface area contributed by atoms with Crippen LogP contribution in [0.4, 0.5) is 19.0 Å². The second-order valence-electron chi connectivity index (χ2n) is 6.02. The summed E-state index contributed by atoms with van der Waals surface area (Å²) >= 11 is 0. The van der Waals surface area contributed by atoms with Crippen molar-refractivity contribution >= 4 is 11.7 Å². The molecule has 1 aromatic heterocycles. The summed E-state index contributed by atoms with van der Waals surface area (Å²) in [5.74, 6) is 1.35. The fraction of sp³-hybridized carbons (Fsp3) is 0.600. The quantitative estimate of drug-likeness (QED) is 0.856. The van der Waals surface area contributed by atoms with E-state index in [1.165, 1.54) is 17.7 Å². The number of rotatable bonds is 3. The Morgan fingerprint density at radius 1 is 1.48 bits per heavy atom. The van der Waals surface area contributed by atoms with Gasteiger partial charge in [0.2, 0.25) is 5.91 Å². The lowest BCUT2D eigenvalue weighted by Gasteiger charge is -2.19. The predicted molar refractivity (Wildman–Crippen MR) is 71.8 cm³/mol. The minimum Gasteiger partial charge on any atom is -0.296 e. The molecule has 0 spiro atoms. The van der Waals surface area contributed by atoms with E-state index in [1.54, 1.807) is 0 Å². The number of alkyl halides is 3. The second-order valence-corrected chi connectivity index (χ2v) is 6.02. The van der Waals surface area contributed by atoms with Gasteiger partial charge in [-0.05, 0) is 42.7 Å². The molecular weight excluding hydrogens is 281 g/mol. The Kier molecular flexibility index (Phi) is 3.42. The zero-order chi connectivity index (χ0) is 15.2. The van der Waals surface area contributed by atoms with Crippen molar-refractivity contribution in [3.63, 3.8) is 0 Å². The maximum Gasteiger partial charge on any atom is 0.417 e. The lowest BCUT2D eigenvalue weighted by molar-refractivity contribution is -0.137. The summed E-state index contributed by atoms with van der Waals surface area (Å²) in [6.07, 6.45) is -0.326. The van der Waals surface area contributed by atoms with E-state index < -0.39 is 11.7 Å². The van der Waals surface area contributed by atoms with Gasteiger partial charge < -0.3 is 0 Å². The molecule has 114 valence electrons. The van der Waals surface area contributed by atoms with Gasteiger partial charge in [0, 0.05) is 19.2 Å². The molecule has 6 heteroatoms. The molecule has 3 rings (SSSR count). The summed E-state index contributed by atoms with van der Waals surface area (Å²) < 4.78 is 38.0. The Hall–Kier alpha value is -1.59. The zero-order valence-electron chi connectivity index (χ0n) is 11.8. The second kappa shape index (κ2) is 5.00. The van der Waals surface area contributed by atoms with E-state index in [0.29, 0.717) is 42.6 Å². The molecular formula is C15H17F3N2O. The van der Waals surface area contributed by atoms with Gasteiger partial charge >= 0.3 is 6.18 Å². The Morgan fingerprint density at radius 2 is 2.19 bits per heavy atom. The first-order chi connectivity index (χ1) is 9.86. The van der Waals surface area contributed by atoms with Crippen LogP contribution in [0.1, 0.15) is 37.3 Å². The highest BCUT2D eigenvalue weighted by molar-refractivity contribution is 5.94. The first-order valence-electron chi connectivity index (χ1n) is 7.22. The van der Waals surface area contributed by atoms with Crippen LogP contribution in [0.3, 0.4) is 0 Å². The van der Waals surface area contributed by atoms with Crippen molar-refractivity contribution in [2.45, 2.75) is 38.8 Å². The molecule has 1 unspecified atom stereocenters. The summed E-state index contributed by atoms with van der Waals surface area (Å²) in [7, 11) is 0. The Morgan fingerprint density at radius 3 is 2.81 bits per heavy atom. The van der Waals surface area contributed by atoms with Gasteiger partial charge in [-0.2, -0.15) is 13.2 Å². The number of anilines is 1. The van der Waals surface area contributed by atoms with E-state index in [4.69, 9.17) is 0 Å². The standard InChI is InChI=1S/C15H17F3N2O/c1-9(10-2-3-10)6-13(21)20-5-4-11-7-12(15(16,17)18)8-19-14(11)20/h7-10H,2-6H2,1H3. The molecule has 1 aliphatic carbocycles. The number of halogens is 3. The zero-order valence-corrected chi connectivity index (χ0v) is 11.8. The lowest BCUT2D eigenvalue weighted by atomic mass is 10.0. The van der Waals surface area contributed by atoms with Crippen molar-refractivity contribution in [3.8, 4) is 0 Å². The average molecular weight is 298 g/mol. The highest BCUT2D eigenvalue weighted by atomic mass is 19.4. The summed E-state index contributed by atoms with van der Waals surface area (Å²) in [4.78, 5) is 17.7. The largest absolute Gasteiger partial charge is 0.417 e. The van der Waals surface area contributed by atoms with Gasteiger partial charge in [0.05, 0.1) is 5.56 Å². The van der Waals surface area contributed by atoms with Crippen LogP contribution in [-0.2, 0) is 17.4 Å². The predicted octanol–water partition coefficient (Wildman–Crippen LogP) is 3.43. The number of carbonyl (C=O) groups excluding carboxylic acids is 1. The van der Waals surface area contributed by atoms with Gasteiger partial charge in [-0.3, -0.25) is 9.69 Å². The van der Waals surface area contributed by atoms with Crippen molar-refractivity contribution in [3.05, 3.63) is 23.4 Å². The molecule has 0 N–H and O–H groups in total. The highest BCUT2D eigenvalue weighted by Gasteiger charge is 2.35. The Balaban J connectivity index is 1.75. The SMILES string of the molecule is CC(CC(=O)N1CCc2cc(C(F)(F)F)cnc21)C1CC1. The van der Waals surface area contributed by atoms with Crippen LogP contribution in [0, 0.1) is 11.8 Å². The molecule has 2 heterocycles. The van der Waals surface area contributed by atoms with Gasteiger partial charge in [0.15, 0.2) is 0 Å². The monoisotopic (exact) mass is 298 g/mol. The molecule has 1 fully saturated rings. The average Bonchev–Trinajstić information content (AvgIpc) is 3.16. The fourth-order valence-electron chi connectivity index (χ4n) is 2.88. The molecule has 0 bridgehead atoms. The van der Waals surface area contributed by atoms with E-state index in [9.17, 15) is 18.0 Å². The van der Waals surface area contributed by atoms with E-state index in [0.717, 1.165) is 12.3 Å². The van der Waals surface area contributed by atoms with Gasteiger partial charge in [-0.25, -0.2) is 4.98 Å². The van der Waals surface area contributed by atoms with E-state index in [1.807, 2.05) is 0 Å². The molecule has 0 radical (unpaired) electrons. The van der Waals surface area contributed by atoms with Crippen molar-refractivity contribution in [1.82, 2.24) is 4.98 Å². The number of pyridine rings is 1. The molecule has 1 amide bonds. The Bertz CT molecular complexity index is 567. The van der Waals surface area contributed by atoms with E-state index >= 15 is 0 Å². The van der Waals surface area contributed by atoms with Crippen LogP contribution < -0.4 is 4.90 Å². The lowest BCUT2D eigenvalue weighted by Crippen LogP contribution is -2.31. The number of carbonyl (C=O) groups is 1. The number of aromatic nitrogens is 1. The summed E-state index contributed by atoms with van der Waals surface area (Å²) in [5.41, 5.74) is -0.237. The van der Waals surface area contributed by atoms with Gasteiger partial charge in [-0.15, -0.1) is 0 Å². The van der Waals surface area contributed by atoms with Crippen molar-refractivity contribution in [2.24, 2.45) is 11.8 Å². The molecule has 3 nitrogen and oxygen atoms in total. The van der Waals surface area contributed by atoms with E-state index in [2.05, 4.69) is 11.9 Å². The number of hydrogen-bond donors (Lipinski definition) is 0. The van der Waals surface area contributed by atoms with Crippen LogP contribution >= 0.6 is 0 Å². The molecule has 1 atom stereocenters. The number of nitrogens with zero attached hydrogens (tertiary/aromatic N) is 2. The number of amides is 1. The van der Waals surface area contributed by atoms with Crippen molar-refractivity contribution < 1.29 is 18.0 Å². The maximum atomic E-state index is 12.7. The fourth-order valence-corrected chi connectivity index (χ4v) is 2.88. The topological polar surface area (TPSA) is 33.2 Å². The summed E-state index contributed by atoms with van der Waals surface area (Å²) in [6.45, 7) is 2.49.